The predicted octanol–water partition coefficient (Wildman–Crippen LogP) is 1.49. The molecule has 0 aliphatic heterocycles. The summed E-state index contributed by atoms with van der Waals surface area (Å²) in [5, 5.41) is 13.6. The van der Waals surface area contributed by atoms with Crippen LogP contribution in [0.5, 0.6) is 0 Å². The standard InChI is InChI=1S/C18H19N3O5S/c1-12(23)21(14-6-4-3-5-7-14)18-19-13(11-27-18)8-9-16(24)20-15(10-22)17(25)26-2/h3-9,11,15,22H,10H2,1-2H3,(H,20,24)/b9-8+/t15-/m1/s1. The van der Waals surface area contributed by atoms with E-state index in [-0.39, 0.29) is 5.91 Å². The lowest BCUT2D eigenvalue weighted by Gasteiger charge is -2.17. The van der Waals surface area contributed by atoms with E-state index in [1.807, 2.05) is 18.2 Å². The van der Waals surface area contributed by atoms with Gasteiger partial charge in [-0.05, 0) is 18.2 Å². The number of benzene rings is 1. The minimum atomic E-state index is -1.13. The van der Waals surface area contributed by atoms with Gasteiger partial charge in [-0.15, -0.1) is 11.3 Å². The number of aromatic nitrogens is 1. The maximum absolute atomic E-state index is 12.0. The molecule has 9 heteroatoms. The number of aliphatic hydroxyl groups is 1. The van der Waals surface area contributed by atoms with Gasteiger partial charge >= 0.3 is 5.97 Å². The molecule has 1 heterocycles. The van der Waals surface area contributed by atoms with Crippen molar-refractivity contribution in [2.24, 2.45) is 0 Å². The summed E-state index contributed by atoms with van der Waals surface area (Å²) < 4.78 is 4.48. The van der Waals surface area contributed by atoms with E-state index in [1.54, 1.807) is 17.5 Å². The number of carbonyl (C=O) groups excluding carboxylic acids is 3. The van der Waals surface area contributed by atoms with Gasteiger partial charge in [0, 0.05) is 18.4 Å². The molecule has 8 nitrogen and oxygen atoms in total. The Morgan fingerprint density at radius 1 is 1.33 bits per heavy atom. The summed E-state index contributed by atoms with van der Waals surface area (Å²) in [5.74, 6) is -1.51. The molecule has 2 rings (SSSR count). The van der Waals surface area contributed by atoms with E-state index in [4.69, 9.17) is 5.11 Å². The van der Waals surface area contributed by atoms with Crippen LogP contribution in [-0.2, 0) is 19.1 Å². The van der Waals surface area contributed by atoms with E-state index in [9.17, 15) is 14.4 Å². The van der Waals surface area contributed by atoms with Crippen molar-refractivity contribution in [2.45, 2.75) is 13.0 Å². The minimum Gasteiger partial charge on any atom is -0.467 e. The van der Waals surface area contributed by atoms with E-state index in [0.29, 0.717) is 16.5 Å². The summed E-state index contributed by atoms with van der Waals surface area (Å²) in [6.07, 6.45) is 2.63. The third-order valence-electron chi connectivity index (χ3n) is 3.42. The van der Waals surface area contributed by atoms with Crippen LogP contribution in [0.25, 0.3) is 6.08 Å². The Bertz CT molecular complexity index is 835. The van der Waals surface area contributed by atoms with Crippen LogP contribution in [0.4, 0.5) is 10.8 Å². The first-order chi connectivity index (χ1) is 13.0. The summed E-state index contributed by atoms with van der Waals surface area (Å²) in [6.45, 7) is 0.872. The number of esters is 1. The first kappa shape index (κ1) is 20.3. The molecule has 0 aliphatic carbocycles. The number of ether oxygens (including phenoxy) is 1. The van der Waals surface area contributed by atoms with Crippen LogP contribution in [0.1, 0.15) is 12.6 Å². The third kappa shape index (κ3) is 5.47. The van der Waals surface area contributed by atoms with Crippen LogP contribution < -0.4 is 10.2 Å². The lowest BCUT2D eigenvalue weighted by molar-refractivity contribution is -0.145. The van der Waals surface area contributed by atoms with Gasteiger partial charge in [-0.25, -0.2) is 9.78 Å². The Kier molecular flexibility index (Phi) is 7.21. The normalized spacial score (nSPS) is 11.8. The molecule has 2 aromatic rings. The molecule has 0 fully saturated rings. The van der Waals surface area contributed by atoms with Crippen LogP contribution in [-0.4, -0.2) is 47.6 Å². The summed E-state index contributed by atoms with van der Waals surface area (Å²) in [7, 11) is 1.16. The zero-order valence-corrected chi connectivity index (χ0v) is 15.6. The monoisotopic (exact) mass is 389 g/mol. The van der Waals surface area contributed by atoms with E-state index in [2.05, 4.69) is 15.0 Å². The third-order valence-corrected chi connectivity index (χ3v) is 4.26. The van der Waals surface area contributed by atoms with E-state index < -0.39 is 24.5 Å². The molecule has 1 atom stereocenters. The molecule has 2 N–H and O–H groups in total. The van der Waals surface area contributed by atoms with Crippen molar-refractivity contribution >= 4 is 46.0 Å². The number of nitrogens with zero attached hydrogens (tertiary/aromatic N) is 2. The Morgan fingerprint density at radius 3 is 2.63 bits per heavy atom. The maximum atomic E-state index is 12.0. The highest BCUT2D eigenvalue weighted by Crippen LogP contribution is 2.28. The van der Waals surface area contributed by atoms with Gasteiger partial charge in [-0.1, -0.05) is 18.2 Å². The smallest absolute Gasteiger partial charge is 0.330 e. The average molecular weight is 389 g/mol. The minimum absolute atomic E-state index is 0.187. The molecule has 0 radical (unpaired) electrons. The first-order valence-corrected chi connectivity index (χ1v) is 8.82. The largest absolute Gasteiger partial charge is 0.467 e. The number of carbonyl (C=O) groups is 3. The molecule has 2 amide bonds. The van der Waals surface area contributed by atoms with E-state index in [1.165, 1.54) is 35.3 Å². The number of hydrogen-bond acceptors (Lipinski definition) is 7. The zero-order chi connectivity index (χ0) is 19.8. The quantitative estimate of drug-likeness (QED) is 0.549. The molecule has 142 valence electrons. The van der Waals surface area contributed by atoms with Crippen LogP contribution >= 0.6 is 11.3 Å². The number of anilines is 2. The molecule has 0 saturated carbocycles. The molecule has 0 aliphatic rings. The summed E-state index contributed by atoms with van der Waals surface area (Å²) >= 11 is 1.26. The number of para-hydroxylation sites is 1. The van der Waals surface area contributed by atoms with Gasteiger partial charge in [0.1, 0.15) is 0 Å². The summed E-state index contributed by atoms with van der Waals surface area (Å²) in [5.41, 5.74) is 1.17. The fourth-order valence-corrected chi connectivity index (χ4v) is 3.02. The lowest BCUT2D eigenvalue weighted by Crippen LogP contribution is -2.43. The zero-order valence-electron chi connectivity index (χ0n) is 14.8. The number of aliphatic hydroxyl groups excluding tert-OH is 1. The Morgan fingerprint density at radius 2 is 2.04 bits per heavy atom. The summed E-state index contributed by atoms with van der Waals surface area (Å²) in [4.78, 5) is 41.1. The second kappa shape index (κ2) is 9.60. The number of hydrogen-bond donors (Lipinski definition) is 2. The second-order valence-corrected chi connectivity index (χ2v) is 6.18. The Balaban J connectivity index is 2.10. The SMILES string of the molecule is COC(=O)[C@@H](CO)NC(=O)/C=C/c1csc(N(C(C)=O)c2ccccc2)n1. The van der Waals surface area contributed by atoms with Gasteiger partial charge in [-0.2, -0.15) is 0 Å². The van der Waals surface area contributed by atoms with Crippen LogP contribution in [0.2, 0.25) is 0 Å². The van der Waals surface area contributed by atoms with Gasteiger partial charge in [0.15, 0.2) is 11.2 Å². The molecule has 0 bridgehead atoms. The maximum Gasteiger partial charge on any atom is 0.330 e. The van der Waals surface area contributed by atoms with Crippen molar-refractivity contribution in [1.29, 1.82) is 0 Å². The highest BCUT2D eigenvalue weighted by Gasteiger charge is 2.19. The van der Waals surface area contributed by atoms with E-state index in [0.717, 1.165) is 7.11 Å². The fourth-order valence-electron chi connectivity index (χ4n) is 2.16. The predicted molar refractivity (Wildman–Crippen MR) is 101 cm³/mol. The molecule has 0 spiro atoms. The second-order valence-electron chi connectivity index (χ2n) is 5.35. The summed E-state index contributed by atoms with van der Waals surface area (Å²) in [6, 6.07) is 7.96. The molecular weight excluding hydrogens is 370 g/mol. The van der Waals surface area contributed by atoms with E-state index >= 15 is 0 Å². The topological polar surface area (TPSA) is 109 Å². The van der Waals surface area contributed by atoms with Gasteiger partial charge in [0.25, 0.3) is 0 Å². The Labute approximate surface area is 160 Å². The molecule has 27 heavy (non-hydrogen) atoms. The number of thiazole rings is 1. The molecule has 1 aromatic heterocycles. The van der Waals surface area contributed by atoms with Crippen LogP contribution in [0.3, 0.4) is 0 Å². The number of amides is 2. The fraction of sp³-hybridized carbons (Fsp3) is 0.222. The highest BCUT2D eigenvalue weighted by atomic mass is 32.1. The molecule has 1 aromatic carbocycles. The van der Waals surface area contributed by atoms with Gasteiger partial charge in [0.05, 0.1) is 25.1 Å². The van der Waals surface area contributed by atoms with Crippen molar-refractivity contribution in [2.75, 3.05) is 18.6 Å². The average Bonchev–Trinajstić information content (AvgIpc) is 3.13. The van der Waals surface area contributed by atoms with Crippen LogP contribution in [0, 0.1) is 0 Å². The number of nitrogens with one attached hydrogen (secondary N) is 1. The van der Waals surface area contributed by atoms with Gasteiger partial charge < -0.3 is 15.2 Å². The van der Waals surface area contributed by atoms with Gasteiger partial charge in [0.2, 0.25) is 11.8 Å². The van der Waals surface area contributed by atoms with Crippen molar-refractivity contribution in [3.8, 4) is 0 Å². The molecular formula is C18H19N3O5S. The van der Waals surface area contributed by atoms with Gasteiger partial charge in [-0.3, -0.25) is 14.5 Å². The Hall–Kier alpha value is -3.04. The highest BCUT2D eigenvalue weighted by molar-refractivity contribution is 7.14. The number of methoxy groups -OCH3 is 1. The van der Waals surface area contributed by atoms with Crippen molar-refractivity contribution < 1.29 is 24.2 Å². The van der Waals surface area contributed by atoms with Crippen LogP contribution in [0.15, 0.2) is 41.8 Å². The van der Waals surface area contributed by atoms with Crippen molar-refractivity contribution in [1.82, 2.24) is 10.3 Å². The molecule has 0 unspecified atom stereocenters. The van der Waals surface area contributed by atoms with Crippen molar-refractivity contribution in [3.05, 3.63) is 47.5 Å². The lowest BCUT2D eigenvalue weighted by atomic mass is 10.3. The molecule has 0 saturated heterocycles. The first-order valence-electron chi connectivity index (χ1n) is 7.94. The number of rotatable bonds is 7. The van der Waals surface area contributed by atoms with Crippen molar-refractivity contribution in [3.63, 3.8) is 0 Å².